The second-order valence-electron chi connectivity index (χ2n) is 14.1. The van der Waals surface area contributed by atoms with Crippen LogP contribution in [0.1, 0.15) is 63.1 Å². The predicted octanol–water partition coefficient (Wildman–Crippen LogP) is 9.59. The lowest BCUT2D eigenvalue weighted by Crippen LogP contribution is -2.36. The summed E-state index contributed by atoms with van der Waals surface area (Å²) in [5, 5.41) is 11.6. The van der Waals surface area contributed by atoms with Crippen LogP contribution in [-0.2, 0) is 22.5 Å². The summed E-state index contributed by atoms with van der Waals surface area (Å²) in [5.41, 5.74) is 3.38. The Hall–Kier alpha value is -6.12. The van der Waals surface area contributed by atoms with Gasteiger partial charge in [-0.1, -0.05) is 97.1 Å². The molecule has 2 amide bonds. The van der Waals surface area contributed by atoms with Gasteiger partial charge >= 0.3 is 0 Å². The Morgan fingerprint density at radius 1 is 0.776 bits per heavy atom. The molecular weight excluding hydrogens is 723 g/mol. The van der Waals surface area contributed by atoms with E-state index in [1.54, 1.807) is 50.6 Å². The van der Waals surface area contributed by atoms with Crippen LogP contribution >= 0.6 is 0 Å². The van der Waals surface area contributed by atoms with Gasteiger partial charge in [-0.2, -0.15) is 0 Å². The van der Waals surface area contributed by atoms with Gasteiger partial charge in [-0.05, 0) is 101 Å². The van der Waals surface area contributed by atoms with Gasteiger partial charge in [-0.15, -0.1) is 6.58 Å². The highest BCUT2D eigenvalue weighted by Gasteiger charge is 2.22. The third-order valence-corrected chi connectivity index (χ3v) is 10.2. The summed E-state index contributed by atoms with van der Waals surface area (Å²) in [4.78, 5) is 28.0. The van der Waals surface area contributed by atoms with Crippen LogP contribution in [0.2, 0.25) is 0 Å². The first-order chi connectivity index (χ1) is 29.2. The highest BCUT2D eigenvalue weighted by Crippen LogP contribution is 2.34. The molecule has 0 fully saturated rings. The fourth-order valence-electron chi connectivity index (χ4n) is 7.16. The molecule has 0 aliphatic heterocycles. The van der Waals surface area contributed by atoms with E-state index >= 15 is 0 Å². The third kappa shape index (κ3) is 11.3. The molecule has 0 spiro atoms. The molecule has 0 aliphatic rings. The van der Waals surface area contributed by atoms with E-state index in [-0.39, 0.29) is 31.4 Å². The van der Waals surface area contributed by atoms with E-state index in [2.05, 4.69) is 71.8 Å². The standard InChI is InChI=1S/C50H55N3O5/c1-4-5-22-48(54)52-50(46-29-28-42(56-2)35-47(46)57-3)38-24-26-41(27-25-38)58-33-14-23-49(55)53(36-37-15-7-6-8-16-37)32-31-51-30-13-21-45-43-19-11-9-17-39(43)34-40-18-10-12-20-44(40)45/h4,6-12,15-20,24-29,34-35,50-51H,1,5,13-14,21-23,30-33,36H2,2-3H3,(H,52,54)/i36D2. The monoisotopic (exact) mass is 779 g/mol. The van der Waals surface area contributed by atoms with Gasteiger partial charge in [0.15, 0.2) is 0 Å². The number of amides is 2. The number of rotatable bonds is 22. The van der Waals surface area contributed by atoms with Gasteiger partial charge in [0.05, 0.1) is 29.6 Å². The fourth-order valence-corrected chi connectivity index (χ4v) is 7.16. The van der Waals surface area contributed by atoms with Crippen LogP contribution in [0.4, 0.5) is 0 Å². The van der Waals surface area contributed by atoms with E-state index in [1.807, 2.05) is 42.5 Å². The maximum Gasteiger partial charge on any atom is 0.223 e. The van der Waals surface area contributed by atoms with Crippen LogP contribution in [-0.4, -0.2) is 57.2 Å². The number of allylic oxidation sites excluding steroid dienone is 1. The predicted molar refractivity (Wildman–Crippen MR) is 235 cm³/mol. The molecule has 0 aromatic heterocycles. The lowest BCUT2D eigenvalue weighted by molar-refractivity contribution is -0.132. The summed E-state index contributed by atoms with van der Waals surface area (Å²) in [6.45, 7) is 3.40. The van der Waals surface area contributed by atoms with Crippen LogP contribution in [0.15, 0.2) is 140 Å². The molecule has 2 N–H and O–H groups in total. The van der Waals surface area contributed by atoms with E-state index in [1.165, 1.54) is 32.0 Å². The lowest BCUT2D eigenvalue weighted by Gasteiger charge is -2.23. The first kappa shape index (κ1) is 38.7. The maximum atomic E-state index is 13.8. The third-order valence-electron chi connectivity index (χ3n) is 10.2. The quantitative estimate of drug-likeness (QED) is 0.0406. The minimum absolute atomic E-state index is 0.116. The Bertz CT molecular complexity index is 2300. The number of nitrogens with one attached hydrogen (secondary N) is 2. The van der Waals surface area contributed by atoms with Gasteiger partial charge in [0.1, 0.15) is 17.2 Å². The highest BCUT2D eigenvalue weighted by atomic mass is 16.5. The molecule has 6 rings (SSSR count). The molecule has 6 aromatic rings. The second-order valence-corrected chi connectivity index (χ2v) is 14.1. The summed E-state index contributed by atoms with van der Waals surface area (Å²) < 4.78 is 35.2. The molecule has 0 bridgehead atoms. The number of hydrogen-bond acceptors (Lipinski definition) is 6. The largest absolute Gasteiger partial charge is 0.497 e. The van der Waals surface area contributed by atoms with Crippen molar-refractivity contribution in [3.05, 3.63) is 162 Å². The SMILES string of the molecule is [2H]C([2H])(c1ccccc1)N(CCNCCCc1c2ccccc2cc2ccccc12)C(=O)CCCOc1ccc(C(NC(=O)CCC=C)c2ccc(OC)cc2OC)cc1. The van der Waals surface area contributed by atoms with Crippen LogP contribution in [0.25, 0.3) is 21.5 Å². The number of ether oxygens (including phenoxy) is 3. The van der Waals surface area contributed by atoms with E-state index in [0.29, 0.717) is 48.6 Å². The van der Waals surface area contributed by atoms with Gasteiger partial charge in [-0.3, -0.25) is 9.59 Å². The molecule has 0 radical (unpaired) electrons. The van der Waals surface area contributed by atoms with Crippen LogP contribution in [0.5, 0.6) is 17.2 Å². The molecular formula is C50H55N3O5. The van der Waals surface area contributed by atoms with Gasteiger partial charge in [0, 0.05) is 44.1 Å². The Balaban J connectivity index is 1.05. The average Bonchev–Trinajstić information content (AvgIpc) is 3.28. The van der Waals surface area contributed by atoms with Crippen molar-refractivity contribution in [3.63, 3.8) is 0 Å². The van der Waals surface area contributed by atoms with Crippen molar-refractivity contribution in [1.82, 2.24) is 15.5 Å². The minimum Gasteiger partial charge on any atom is -0.497 e. The Morgan fingerprint density at radius 3 is 2.16 bits per heavy atom. The second kappa shape index (κ2) is 21.4. The fraction of sp³-hybridized carbons (Fsp3) is 0.280. The molecule has 0 aliphatic carbocycles. The molecule has 300 valence electrons. The topological polar surface area (TPSA) is 89.1 Å². The molecule has 1 unspecified atom stereocenters. The number of hydrogen-bond donors (Lipinski definition) is 2. The number of fused-ring (bicyclic) bond motifs is 2. The van der Waals surface area contributed by atoms with Crippen molar-refractivity contribution in [2.75, 3.05) is 40.5 Å². The summed E-state index contributed by atoms with van der Waals surface area (Å²) in [7, 11) is 3.17. The average molecular weight is 780 g/mol. The van der Waals surface area contributed by atoms with Crippen molar-refractivity contribution in [2.24, 2.45) is 0 Å². The number of carbonyl (C=O) groups is 2. The summed E-state index contributed by atoms with van der Waals surface area (Å²) in [6.07, 6.45) is 4.90. The van der Waals surface area contributed by atoms with Gasteiger partial charge in [0.2, 0.25) is 11.8 Å². The molecule has 6 aromatic carbocycles. The normalized spacial score (nSPS) is 12.3. The first-order valence-electron chi connectivity index (χ1n) is 21.0. The molecule has 0 saturated carbocycles. The Labute approximate surface area is 345 Å². The number of methoxy groups -OCH3 is 2. The van der Waals surface area contributed by atoms with Crippen molar-refractivity contribution >= 4 is 33.4 Å². The zero-order valence-corrected chi connectivity index (χ0v) is 33.5. The highest BCUT2D eigenvalue weighted by molar-refractivity contribution is 6.02. The van der Waals surface area contributed by atoms with E-state index in [0.717, 1.165) is 30.5 Å². The molecule has 1 atom stereocenters. The van der Waals surface area contributed by atoms with Crippen molar-refractivity contribution in [2.45, 2.75) is 51.1 Å². The van der Waals surface area contributed by atoms with Crippen LogP contribution in [0, 0.1) is 0 Å². The zero-order valence-electron chi connectivity index (χ0n) is 35.5. The molecule has 58 heavy (non-hydrogen) atoms. The van der Waals surface area contributed by atoms with Gasteiger partial charge < -0.3 is 29.7 Å². The lowest BCUT2D eigenvalue weighted by atomic mass is 9.94. The number of benzene rings is 6. The summed E-state index contributed by atoms with van der Waals surface area (Å²) in [5.74, 6) is 1.44. The number of nitrogens with zero attached hydrogens (tertiary/aromatic N) is 1. The van der Waals surface area contributed by atoms with Crippen LogP contribution in [0.3, 0.4) is 0 Å². The molecule has 0 saturated heterocycles. The van der Waals surface area contributed by atoms with E-state index in [9.17, 15) is 9.59 Å². The maximum absolute atomic E-state index is 13.8. The Morgan fingerprint density at radius 2 is 1.47 bits per heavy atom. The van der Waals surface area contributed by atoms with Crippen molar-refractivity contribution in [3.8, 4) is 17.2 Å². The first-order valence-corrected chi connectivity index (χ1v) is 20.0. The van der Waals surface area contributed by atoms with Crippen molar-refractivity contribution in [1.29, 1.82) is 0 Å². The van der Waals surface area contributed by atoms with E-state index < -0.39 is 12.5 Å². The molecule has 8 nitrogen and oxygen atoms in total. The summed E-state index contributed by atoms with van der Waals surface area (Å²) in [6, 6.07) is 40.6. The van der Waals surface area contributed by atoms with Gasteiger partial charge in [-0.25, -0.2) is 0 Å². The summed E-state index contributed by atoms with van der Waals surface area (Å²) >= 11 is 0. The van der Waals surface area contributed by atoms with Gasteiger partial charge in [0.25, 0.3) is 0 Å². The minimum atomic E-state index is -2.00. The smallest absolute Gasteiger partial charge is 0.223 e. The van der Waals surface area contributed by atoms with Crippen LogP contribution < -0.4 is 24.8 Å². The number of aryl methyl sites for hydroxylation is 1. The Kier molecular flexibility index (Phi) is 14.3. The molecule has 8 heteroatoms. The van der Waals surface area contributed by atoms with Crippen molar-refractivity contribution < 1.29 is 26.5 Å². The zero-order chi connectivity index (χ0) is 42.3. The number of carbonyl (C=O) groups excluding carboxylic acids is 2. The van der Waals surface area contributed by atoms with E-state index in [4.69, 9.17) is 17.0 Å². The molecule has 0 heterocycles.